The lowest BCUT2D eigenvalue weighted by Gasteiger charge is -2.32. The third-order valence-electron chi connectivity index (χ3n) is 5.50. The van der Waals surface area contributed by atoms with Crippen molar-refractivity contribution in [3.05, 3.63) is 41.0 Å². The van der Waals surface area contributed by atoms with E-state index >= 15 is 0 Å². The van der Waals surface area contributed by atoms with E-state index in [4.69, 9.17) is 0 Å². The Morgan fingerprint density at radius 1 is 1.21 bits per heavy atom. The summed E-state index contributed by atoms with van der Waals surface area (Å²) < 4.78 is 29.6. The highest BCUT2D eigenvalue weighted by Crippen LogP contribution is 2.35. The minimum atomic E-state index is -3.71. The predicted octanol–water partition coefficient (Wildman–Crippen LogP) is 3.13. The minimum absolute atomic E-state index is 0.0119. The largest absolute Gasteiger partial charge is 0.356 e. The lowest BCUT2D eigenvalue weighted by molar-refractivity contribution is -0.126. The highest BCUT2D eigenvalue weighted by Gasteiger charge is 2.35. The van der Waals surface area contributed by atoms with Crippen LogP contribution in [0, 0.1) is 5.92 Å². The third-order valence-corrected chi connectivity index (χ3v) is 6.97. The Balaban J connectivity index is 1.81. The van der Waals surface area contributed by atoms with Gasteiger partial charge in [0.05, 0.1) is 0 Å². The van der Waals surface area contributed by atoms with Crippen LogP contribution in [0.1, 0.15) is 57.6 Å². The standard InChI is InChI=1S/C21H29N3O3S/c1-5-22-21(25)18-10-12-24(13-11-18)20-15(4)19(28(26,27)23-20)17-8-6-16(7-9-17)14(2)3/h6-9,14,18H,5,10-13H2,1-4H3,(H,22,25). The van der Waals surface area contributed by atoms with E-state index in [1.165, 1.54) is 5.56 Å². The van der Waals surface area contributed by atoms with Crippen LogP contribution in [-0.4, -0.2) is 44.7 Å². The van der Waals surface area contributed by atoms with E-state index in [1.54, 1.807) is 0 Å². The molecule has 28 heavy (non-hydrogen) atoms. The normalized spacial score (nSPS) is 19.9. The van der Waals surface area contributed by atoms with Gasteiger partial charge in [-0.05, 0) is 43.7 Å². The Kier molecular flexibility index (Phi) is 5.93. The first-order valence-electron chi connectivity index (χ1n) is 9.93. The molecule has 0 spiro atoms. The summed E-state index contributed by atoms with van der Waals surface area (Å²) in [6.45, 7) is 9.85. The molecule has 2 aliphatic heterocycles. The molecule has 3 rings (SSSR count). The number of carbonyl (C=O) groups is 1. The second kappa shape index (κ2) is 8.07. The fourth-order valence-electron chi connectivity index (χ4n) is 3.87. The zero-order valence-electron chi connectivity index (χ0n) is 17.0. The number of sulfonamides is 1. The molecule has 0 aliphatic carbocycles. The maximum atomic E-state index is 12.8. The average Bonchev–Trinajstić information content (AvgIpc) is 2.91. The van der Waals surface area contributed by atoms with Gasteiger partial charge in [-0.15, -0.1) is 4.40 Å². The van der Waals surface area contributed by atoms with Crippen molar-refractivity contribution < 1.29 is 13.2 Å². The quantitative estimate of drug-likeness (QED) is 0.838. The molecule has 2 aliphatic rings. The molecule has 2 heterocycles. The van der Waals surface area contributed by atoms with Crippen molar-refractivity contribution in [2.75, 3.05) is 19.6 Å². The summed E-state index contributed by atoms with van der Waals surface area (Å²) in [4.78, 5) is 14.3. The maximum Gasteiger partial charge on any atom is 0.285 e. The molecule has 0 saturated carbocycles. The molecule has 1 fully saturated rings. The first-order valence-corrected chi connectivity index (χ1v) is 11.4. The van der Waals surface area contributed by atoms with Crippen molar-refractivity contribution >= 4 is 26.7 Å². The van der Waals surface area contributed by atoms with Crippen LogP contribution in [0.3, 0.4) is 0 Å². The molecule has 0 atom stereocenters. The topological polar surface area (TPSA) is 78.8 Å². The van der Waals surface area contributed by atoms with E-state index in [0.717, 1.165) is 0 Å². The van der Waals surface area contributed by atoms with Crippen molar-refractivity contribution in [2.45, 2.75) is 46.5 Å². The highest BCUT2D eigenvalue weighted by molar-refractivity contribution is 8.00. The number of amidine groups is 1. The SMILES string of the molecule is CCNC(=O)C1CCN(C2=NS(=O)(=O)C(c3ccc(C(C)C)cc3)=C2C)CC1. The van der Waals surface area contributed by atoms with E-state index in [9.17, 15) is 13.2 Å². The molecule has 1 saturated heterocycles. The first kappa shape index (κ1) is 20.6. The molecule has 6 nitrogen and oxygen atoms in total. The number of amides is 1. The molecule has 0 bridgehead atoms. The van der Waals surface area contributed by atoms with Crippen LogP contribution in [0.25, 0.3) is 4.91 Å². The van der Waals surface area contributed by atoms with E-state index in [2.05, 4.69) is 23.6 Å². The predicted molar refractivity (Wildman–Crippen MR) is 112 cm³/mol. The molecular formula is C21H29N3O3S. The zero-order valence-corrected chi connectivity index (χ0v) is 17.8. The number of carbonyl (C=O) groups excluding carboxylic acids is 1. The van der Waals surface area contributed by atoms with E-state index in [-0.39, 0.29) is 11.8 Å². The lowest BCUT2D eigenvalue weighted by atomic mass is 9.95. The van der Waals surface area contributed by atoms with Crippen LogP contribution in [-0.2, 0) is 14.8 Å². The lowest BCUT2D eigenvalue weighted by Crippen LogP contribution is -2.43. The Morgan fingerprint density at radius 2 is 1.82 bits per heavy atom. The van der Waals surface area contributed by atoms with E-state index in [0.29, 0.717) is 60.3 Å². The Bertz CT molecular complexity index is 907. The Labute approximate surface area is 167 Å². The molecule has 1 amide bonds. The summed E-state index contributed by atoms with van der Waals surface area (Å²) in [5.41, 5.74) is 2.54. The van der Waals surface area contributed by atoms with Crippen molar-refractivity contribution in [3.8, 4) is 0 Å². The highest BCUT2D eigenvalue weighted by atomic mass is 32.2. The fourth-order valence-corrected chi connectivity index (χ4v) is 5.36. The molecule has 152 valence electrons. The zero-order chi connectivity index (χ0) is 20.5. The van der Waals surface area contributed by atoms with Crippen molar-refractivity contribution in [2.24, 2.45) is 10.3 Å². The number of nitrogens with one attached hydrogen (secondary N) is 1. The van der Waals surface area contributed by atoms with Gasteiger partial charge in [-0.25, -0.2) is 0 Å². The molecule has 0 unspecified atom stereocenters. The molecular weight excluding hydrogens is 374 g/mol. The minimum Gasteiger partial charge on any atom is -0.356 e. The van der Waals surface area contributed by atoms with Gasteiger partial charge in [0.2, 0.25) is 5.91 Å². The summed E-state index contributed by atoms with van der Waals surface area (Å²) in [7, 11) is -3.71. The van der Waals surface area contributed by atoms with E-state index in [1.807, 2.05) is 43.0 Å². The molecule has 1 aromatic rings. The van der Waals surface area contributed by atoms with Gasteiger partial charge >= 0.3 is 0 Å². The summed E-state index contributed by atoms with van der Waals surface area (Å²) in [5, 5.41) is 2.87. The number of hydrogen-bond acceptors (Lipinski definition) is 4. The summed E-state index contributed by atoms with van der Waals surface area (Å²) >= 11 is 0. The molecule has 1 N–H and O–H groups in total. The summed E-state index contributed by atoms with van der Waals surface area (Å²) in [6.07, 6.45) is 1.41. The van der Waals surface area contributed by atoms with Gasteiger partial charge in [0.15, 0.2) is 0 Å². The van der Waals surface area contributed by atoms with Gasteiger partial charge in [0.1, 0.15) is 10.7 Å². The smallest absolute Gasteiger partial charge is 0.285 e. The van der Waals surface area contributed by atoms with Crippen molar-refractivity contribution in [1.82, 2.24) is 10.2 Å². The number of likely N-dealkylation sites (tertiary alicyclic amines) is 1. The van der Waals surface area contributed by atoms with Crippen LogP contribution >= 0.6 is 0 Å². The number of piperidine rings is 1. The average molecular weight is 404 g/mol. The van der Waals surface area contributed by atoms with Gasteiger partial charge in [0, 0.05) is 31.1 Å². The monoisotopic (exact) mass is 403 g/mol. The van der Waals surface area contributed by atoms with Gasteiger partial charge < -0.3 is 10.2 Å². The third kappa shape index (κ3) is 3.99. The molecule has 0 radical (unpaired) electrons. The Morgan fingerprint density at radius 3 is 2.36 bits per heavy atom. The second-order valence-corrected chi connectivity index (χ2v) is 9.32. The van der Waals surface area contributed by atoms with Gasteiger partial charge in [-0.1, -0.05) is 38.1 Å². The van der Waals surface area contributed by atoms with Gasteiger partial charge in [-0.2, -0.15) is 8.42 Å². The number of benzene rings is 1. The van der Waals surface area contributed by atoms with Crippen LogP contribution in [0.2, 0.25) is 0 Å². The fraction of sp³-hybridized carbons (Fsp3) is 0.524. The van der Waals surface area contributed by atoms with Crippen LogP contribution in [0.4, 0.5) is 0 Å². The maximum absolute atomic E-state index is 12.8. The van der Waals surface area contributed by atoms with Gasteiger partial charge in [0.25, 0.3) is 10.0 Å². The number of hydrogen-bond donors (Lipinski definition) is 1. The van der Waals surface area contributed by atoms with Crippen molar-refractivity contribution in [3.63, 3.8) is 0 Å². The molecule has 7 heteroatoms. The number of nitrogens with zero attached hydrogens (tertiary/aromatic N) is 2. The molecule has 1 aromatic carbocycles. The van der Waals surface area contributed by atoms with Crippen molar-refractivity contribution in [1.29, 1.82) is 0 Å². The van der Waals surface area contributed by atoms with Crippen LogP contribution < -0.4 is 5.32 Å². The van der Waals surface area contributed by atoms with Crippen LogP contribution in [0.15, 0.2) is 34.2 Å². The second-order valence-electron chi connectivity index (χ2n) is 7.78. The Hall–Kier alpha value is -2.15. The first-order chi connectivity index (χ1) is 13.2. The van der Waals surface area contributed by atoms with Crippen LogP contribution in [0.5, 0.6) is 0 Å². The van der Waals surface area contributed by atoms with Gasteiger partial charge in [-0.3, -0.25) is 4.79 Å². The number of rotatable bonds is 4. The van der Waals surface area contributed by atoms with E-state index < -0.39 is 10.0 Å². The summed E-state index contributed by atoms with van der Waals surface area (Å²) in [5.74, 6) is 0.989. The molecule has 0 aromatic heterocycles. The summed E-state index contributed by atoms with van der Waals surface area (Å²) in [6, 6.07) is 7.69.